The van der Waals surface area contributed by atoms with Gasteiger partial charge in [-0.05, 0) is 42.4 Å². The van der Waals surface area contributed by atoms with Gasteiger partial charge in [-0.3, -0.25) is 10.1 Å². The number of rotatable bonds is 5. The summed E-state index contributed by atoms with van der Waals surface area (Å²) in [5.74, 6) is 2.71. The zero-order valence-corrected chi connectivity index (χ0v) is 13.0. The minimum Gasteiger partial charge on any atom is -0.379 e. The second kappa shape index (κ2) is 6.63. The first-order chi connectivity index (χ1) is 9.88. The molecule has 0 aliphatic carbocycles. The number of hydrogen-bond acceptors (Lipinski definition) is 6. The third kappa shape index (κ3) is 4.32. The molecule has 0 atom stereocenters. The van der Waals surface area contributed by atoms with Gasteiger partial charge in [0.25, 0.3) is 5.69 Å². The van der Waals surface area contributed by atoms with Crippen LogP contribution in [0.1, 0.15) is 12.8 Å². The molecule has 1 saturated heterocycles. The van der Waals surface area contributed by atoms with Crippen molar-refractivity contribution in [3.8, 4) is 0 Å². The lowest BCUT2D eigenvalue weighted by atomic mass is 10.0. The number of nitrogens with zero attached hydrogens (tertiary/aromatic N) is 1. The number of nitro benzene ring substituents is 1. The van der Waals surface area contributed by atoms with Crippen molar-refractivity contribution in [1.82, 2.24) is 0 Å². The van der Waals surface area contributed by atoms with E-state index in [-0.39, 0.29) is 10.6 Å². The fraction of sp³-hybridized carbons (Fsp3) is 0.500. The van der Waals surface area contributed by atoms with Crippen LogP contribution in [-0.4, -0.2) is 31.4 Å². The van der Waals surface area contributed by atoms with Crippen LogP contribution >= 0.6 is 11.8 Å². The first kappa shape index (κ1) is 16.1. The van der Waals surface area contributed by atoms with E-state index in [4.69, 9.17) is 5.14 Å². The van der Waals surface area contributed by atoms with Crippen LogP contribution in [0, 0.1) is 16.0 Å². The van der Waals surface area contributed by atoms with Gasteiger partial charge in [0.2, 0.25) is 10.0 Å². The molecule has 0 saturated carbocycles. The van der Waals surface area contributed by atoms with E-state index in [0.29, 0.717) is 18.2 Å². The monoisotopic (exact) mass is 331 g/mol. The zero-order chi connectivity index (χ0) is 15.5. The average molecular weight is 331 g/mol. The van der Waals surface area contributed by atoms with Crippen molar-refractivity contribution in [2.24, 2.45) is 11.1 Å². The lowest BCUT2D eigenvalue weighted by Gasteiger charge is -2.22. The van der Waals surface area contributed by atoms with Gasteiger partial charge in [0, 0.05) is 12.6 Å². The van der Waals surface area contributed by atoms with Crippen molar-refractivity contribution in [3.63, 3.8) is 0 Å². The molecular weight excluding hydrogens is 314 g/mol. The van der Waals surface area contributed by atoms with Crippen LogP contribution in [0.25, 0.3) is 0 Å². The van der Waals surface area contributed by atoms with Crippen molar-refractivity contribution in [2.45, 2.75) is 17.7 Å². The van der Waals surface area contributed by atoms with Crippen LogP contribution in [0.3, 0.4) is 0 Å². The molecule has 1 fully saturated rings. The predicted octanol–water partition coefficient (Wildman–Crippen LogP) is 1.80. The van der Waals surface area contributed by atoms with E-state index in [1.165, 1.54) is 12.1 Å². The van der Waals surface area contributed by atoms with Gasteiger partial charge >= 0.3 is 0 Å². The summed E-state index contributed by atoms with van der Waals surface area (Å²) in [6.07, 6.45) is 2.17. The minimum absolute atomic E-state index is 0.256. The molecule has 0 unspecified atom stereocenters. The number of nitro groups is 1. The number of primary sulfonamides is 1. The molecule has 21 heavy (non-hydrogen) atoms. The highest BCUT2D eigenvalue weighted by atomic mass is 32.2. The molecule has 0 spiro atoms. The fourth-order valence-corrected chi connectivity index (χ4v) is 3.93. The summed E-state index contributed by atoms with van der Waals surface area (Å²) >= 11 is 1.92. The third-order valence-electron chi connectivity index (χ3n) is 3.42. The highest BCUT2D eigenvalue weighted by molar-refractivity contribution is 7.99. The highest BCUT2D eigenvalue weighted by Gasteiger charge is 2.20. The summed E-state index contributed by atoms with van der Waals surface area (Å²) < 4.78 is 22.5. The lowest BCUT2D eigenvalue weighted by molar-refractivity contribution is -0.384. The Morgan fingerprint density at radius 1 is 1.38 bits per heavy atom. The van der Waals surface area contributed by atoms with Gasteiger partial charge in [-0.2, -0.15) is 11.8 Å². The second-order valence-electron chi connectivity index (χ2n) is 4.92. The van der Waals surface area contributed by atoms with Crippen molar-refractivity contribution < 1.29 is 13.3 Å². The minimum atomic E-state index is -3.95. The van der Waals surface area contributed by atoms with Crippen LogP contribution in [0.4, 0.5) is 11.4 Å². The maximum atomic E-state index is 11.3. The number of sulfonamides is 1. The zero-order valence-electron chi connectivity index (χ0n) is 11.3. The van der Waals surface area contributed by atoms with Gasteiger partial charge in [0.05, 0.1) is 9.82 Å². The summed E-state index contributed by atoms with van der Waals surface area (Å²) in [7, 11) is -3.95. The SMILES string of the molecule is NS(=O)(=O)c1ccc(NCC2CCSCC2)c([N+](=O)[O-])c1. The molecule has 7 nitrogen and oxygen atoms in total. The first-order valence-electron chi connectivity index (χ1n) is 6.51. The van der Waals surface area contributed by atoms with Crippen molar-refractivity contribution >= 4 is 33.2 Å². The Hall–Kier alpha value is -1.32. The molecule has 1 aromatic carbocycles. The molecule has 2 rings (SSSR count). The van der Waals surface area contributed by atoms with E-state index in [1.807, 2.05) is 11.8 Å². The molecule has 1 aliphatic heterocycles. The molecule has 3 N–H and O–H groups in total. The highest BCUT2D eigenvalue weighted by Crippen LogP contribution is 2.29. The van der Waals surface area contributed by atoms with Gasteiger partial charge in [0.15, 0.2) is 0 Å². The topological polar surface area (TPSA) is 115 Å². The molecule has 0 amide bonds. The van der Waals surface area contributed by atoms with E-state index in [1.54, 1.807) is 0 Å². The summed E-state index contributed by atoms with van der Waals surface area (Å²) in [6.45, 7) is 0.649. The Morgan fingerprint density at radius 3 is 2.62 bits per heavy atom. The third-order valence-corrected chi connectivity index (χ3v) is 5.38. The maximum absolute atomic E-state index is 11.3. The summed E-state index contributed by atoms with van der Waals surface area (Å²) in [5.41, 5.74) is 0.0531. The standard InChI is InChI=1S/C12H17N3O4S2/c13-21(18,19)10-1-2-11(12(7-10)15(16)17)14-8-9-3-5-20-6-4-9/h1-2,7,9,14H,3-6,8H2,(H2,13,18,19). The van der Waals surface area contributed by atoms with Crippen LogP contribution in [0.5, 0.6) is 0 Å². The van der Waals surface area contributed by atoms with Crippen molar-refractivity contribution in [3.05, 3.63) is 28.3 Å². The van der Waals surface area contributed by atoms with Crippen molar-refractivity contribution in [2.75, 3.05) is 23.4 Å². The van der Waals surface area contributed by atoms with Crippen LogP contribution < -0.4 is 10.5 Å². The molecule has 1 aliphatic rings. The van der Waals surface area contributed by atoms with Gasteiger partial charge in [0.1, 0.15) is 5.69 Å². The quantitative estimate of drug-likeness (QED) is 0.628. The molecular formula is C12H17N3O4S2. The molecule has 0 radical (unpaired) electrons. The Morgan fingerprint density at radius 2 is 2.05 bits per heavy atom. The number of thioether (sulfide) groups is 1. The predicted molar refractivity (Wildman–Crippen MR) is 83.0 cm³/mol. The van der Waals surface area contributed by atoms with Gasteiger partial charge in [-0.1, -0.05) is 0 Å². The molecule has 1 aromatic rings. The number of nitrogens with one attached hydrogen (secondary N) is 1. The van der Waals surface area contributed by atoms with E-state index >= 15 is 0 Å². The number of nitrogens with two attached hydrogens (primary N) is 1. The van der Waals surface area contributed by atoms with E-state index in [0.717, 1.165) is 30.4 Å². The smallest absolute Gasteiger partial charge is 0.293 e. The average Bonchev–Trinajstić information content (AvgIpc) is 2.45. The Labute approximate surface area is 127 Å². The van der Waals surface area contributed by atoms with Gasteiger partial charge in [-0.15, -0.1) is 0 Å². The number of hydrogen-bond donors (Lipinski definition) is 2. The molecule has 0 bridgehead atoms. The summed E-state index contributed by atoms with van der Waals surface area (Å²) in [5, 5.41) is 19.1. The molecule has 9 heteroatoms. The van der Waals surface area contributed by atoms with E-state index in [9.17, 15) is 18.5 Å². The van der Waals surface area contributed by atoms with Gasteiger partial charge in [-0.25, -0.2) is 13.6 Å². The second-order valence-corrected chi connectivity index (χ2v) is 7.70. The molecule has 116 valence electrons. The van der Waals surface area contributed by atoms with Crippen LogP contribution in [0.2, 0.25) is 0 Å². The van der Waals surface area contributed by atoms with Crippen LogP contribution in [-0.2, 0) is 10.0 Å². The normalized spacial score (nSPS) is 16.6. The molecule has 1 heterocycles. The van der Waals surface area contributed by atoms with Crippen LogP contribution in [0.15, 0.2) is 23.1 Å². The number of benzene rings is 1. The van der Waals surface area contributed by atoms with E-state index < -0.39 is 14.9 Å². The maximum Gasteiger partial charge on any atom is 0.293 e. The lowest BCUT2D eigenvalue weighted by Crippen LogP contribution is -2.19. The Balaban J connectivity index is 2.16. The Kier molecular flexibility index (Phi) is 5.07. The molecule has 0 aromatic heterocycles. The van der Waals surface area contributed by atoms with E-state index in [2.05, 4.69) is 5.32 Å². The largest absolute Gasteiger partial charge is 0.379 e. The number of anilines is 1. The Bertz CT molecular complexity index is 627. The fourth-order valence-electron chi connectivity index (χ4n) is 2.19. The summed E-state index contributed by atoms with van der Waals surface area (Å²) in [4.78, 5) is 10.2. The van der Waals surface area contributed by atoms with Gasteiger partial charge < -0.3 is 5.32 Å². The summed E-state index contributed by atoms with van der Waals surface area (Å²) in [6, 6.07) is 3.67. The first-order valence-corrected chi connectivity index (χ1v) is 9.21. The van der Waals surface area contributed by atoms with Crippen molar-refractivity contribution in [1.29, 1.82) is 0 Å².